The van der Waals surface area contributed by atoms with E-state index in [0.29, 0.717) is 30.7 Å². The third-order valence-electron chi connectivity index (χ3n) is 7.23. The van der Waals surface area contributed by atoms with Gasteiger partial charge in [-0.15, -0.1) is 10.2 Å². The van der Waals surface area contributed by atoms with Gasteiger partial charge in [-0.2, -0.15) is 0 Å². The van der Waals surface area contributed by atoms with Crippen LogP contribution in [0.3, 0.4) is 0 Å². The van der Waals surface area contributed by atoms with Gasteiger partial charge in [0.2, 0.25) is 5.95 Å². The fraction of sp³-hybridized carbons (Fsp3) is 0.458. The van der Waals surface area contributed by atoms with Crippen LogP contribution in [0, 0.1) is 5.82 Å². The maximum Gasteiger partial charge on any atom is 0.210 e. The average molecular weight is 435 g/mol. The van der Waals surface area contributed by atoms with E-state index in [9.17, 15) is 4.39 Å². The summed E-state index contributed by atoms with van der Waals surface area (Å²) in [7, 11) is 2.23. The van der Waals surface area contributed by atoms with Crippen molar-refractivity contribution in [2.45, 2.75) is 51.1 Å². The van der Waals surface area contributed by atoms with E-state index in [0.717, 1.165) is 48.3 Å². The molecule has 2 aliphatic heterocycles. The lowest BCUT2D eigenvalue weighted by molar-refractivity contribution is 0.231. The van der Waals surface area contributed by atoms with Crippen molar-refractivity contribution in [1.82, 2.24) is 24.5 Å². The van der Waals surface area contributed by atoms with Crippen LogP contribution in [0.1, 0.15) is 48.8 Å². The zero-order valence-electron chi connectivity index (χ0n) is 18.3. The molecule has 1 fully saturated rings. The molecule has 3 aliphatic rings. The number of aromatic nitrogens is 4. The van der Waals surface area contributed by atoms with Crippen LogP contribution in [0.15, 0.2) is 30.2 Å². The number of benzene rings is 1. The first-order valence-electron chi connectivity index (χ1n) is 11.5. The summed E-state index contributed by atoms with van der Waals surface area (Å²) in [5.74, 6) is 1.17. The fourth-order valence-electron chi connectivity index (χ4n) is 5.58. The molecule has 0 saturated heterocycles. The fourth-order valence-corrected chi connectivity index (χ4v) is 5.58. The molecular formula is C24H27FN6O. The van der Waals surface area contributed by atoms with E-state index >= 15 is 0 Å². The van der Waals surface area contributed by atoms with Gasteiger partial charge in [0.05, 0.1) is 6.61 Å². The number of anilines is 1. The third-order valence-corrected chi connectivity index (χ3v) is 7.23. The molecule has 8 heteroatoms. The number of hydrogen-bond donors (Lipinski definition) is 1. The van der Waals surface area contributed by atoms with Crippen molar-refractivity contribution in [3.8, 4) is 5.75 Å². The normalized spacial score (nSPS) is 20.9. The Hall–Kier alpha value is -3.00. The van der Waals surface area contributed by atoms with E-state index in [2.05, 4.69) is 27.5 Å². The van der Waals surface area contributed by atoms with Crippen molar-refractivity contribution < 1.29 is 9.13 Å². The van der Waals surface area contributed by atoms with Gasteiger partial charge in [0, 0.05) is 48.4 Å². The van der Waals surface area contributed by atoms with Crippen LogP contribution in [0.4, 0.5) is 10.3 Å². The van der Waals surface area contributed by atoms with Gasteiger partial charge in [0.1, 0.15) is 17.9 Å². The molecule has 0 bridgehead atoms. The average Bonchev–Trinajstić information content (AvgIpc) is 3.49. The van der Waals surface area contributed by atoms with Gasteiger partial charge in [-0.05, 0) is 56.0 Å². The third kappa shape index (κ3) is 3.16. The van der Waals surface area contributed by atoms with Crippen LogP contribution in [0.25, 0.3) is 11.2 Å². The molecule has 2 aromatic heterocycles. The molecule has 1 saturated carbocycles. The maximum absolute atomic E-state index is 14.5. The monoisotopic (exact) mass is 434 g/mol. The van der Waals surface area contributed by atoms with Gasteiger partial charge in [-0.1, -0.05) is 6.42 Å². The molecule has 1 aliphatic carbocycles. The first-order chi connectivity index (χ1) is 15.7. The summed E-state index contributed by atoms with van der Waals surface area (Å²) in [4.78, 5) is 7.20. The molecule has 32 heavy (non-hydrogen) atoms. The summed E-state index contributed by atoms with van der Waals surface area (Å²) in [5.41, 5.74) is 6.38. The number of ether oxygens (including phenoxy) is 1. The van der Waals surface area contributed by atoms with Gasteiger partial charge in [0.25, 0.3) is 0 Å². The van der Waals surface area contributed by atoms with Crippen molar-refractivity contribution in [2.24, 2.45) is 0 Å². The van der Waals surface area contributed by atoms with E-state index < -0.39 is 0 Å². The van der Waals surface area contributed by atoms with Crippen molar-refractivity contribution in [3.05, 3.63) is 52.7 Å². The van der Waals surface area contributed by atoms with Crippen molar-refractivity contribution in [3.63, 3.8) is 0 Å². The molecule has 6 rings (SSSR count). The molecule has 166 valence electrons. The minimum atomic E-state index is -0.222. The maximum atomic E-state index is 14.5. The second kappa shape index (κ2) is 7.85. The Morgan fingerprint density at radius 1 is 1.22 bits per heavy atom. The first-order valence-corrected chi connectivity index (χ1v) is 11.5. The van der Waals surface area contributed by atoms with Crippen molar-refractivity contribution in [1.29, 1.82) is 0 Å². The zero-order valence-corrected chi connectivity index (χ0v) is 18.3. The molecule has 0 radical (unpaired) electrons. The highest BCUT2D eigenvalue weighted by molar-refractivity contribution is 5.79. The lowest BCUT2D eigenvalue weighted by atomic mass is 9.80. The van der Waals surface area contributed by atoms with Crippen molar-refractivity contribution >= 4 is 17.2 Å². The summed E-state index contributed by atoms with van der Waals surface area (Å²) < 4.78 is 22.0. The van der Waals surface area contributed by atoms with E-state index in [1.807, 2.05) is 10.6 Å². The lowest BCUT2D eigenvalue weighted by Crippen LogP contribution is -2.39. The SMILES string of the molecule is CN1CCC(c2cnc(NCc3c(F)ccc4c3CCO4)n3cnnc23)=C2CCCCC21. The van der Waals surface area contributed by atoms with E-state index in [-0.39, 0.29) is 5.82 Å². The predicted molar refractivity (Wildman–Crippen MR) is 120 cm³/mol. The topological polar surface area (TPSA) is 67.6 Å². The zero-order chi connectivity index (χ0) is 21.7. The second-order valence-corrected chi connectivity index (χ2v) is 8.97. The molecule has 4 heterocycles. The molecule has 0 amide bonds. The van der Waals surface area contributed by atoms with Gasteiger partial charge >= 0.3 is 0 Å². The van der Waals surface area contributed by atoms with Gasteiger partial charge in [-0.25, -0.2) is 9.37 Å². The number of rotatable bonds is 4. The van der Waals surface area contributed by atoms with Crippen LogP contribution in [0.5, 0.6) is 5.75 Å². The standard InChI is InChI=1S/C24H27FN6O/c1-30-10-8-15(16-4-2-3-5-21(16)30)19-13-27-24(31-14-28-29-23(19)31)26-12-18-17-9-11-32-22(17)7-6-20(18)25/h6-7,13-14,21H,2-5,8-12H2,1H3,(H,26,27). The molecule has 1 unspecified atom stereocenters. The number of fused-ring (bicyclic) bond motifs is 3. The smallest absolute Gasteiger partial charge is 0.210 e. The van der Waals surface area contributed by atoms with Crippen LogP contribution < -0.4 is 10.1 Å². The predicted octanol–water partition coefficient (Wildman–Crippen LogP) is 3.84. The highest BCUT2D eigenvalue weighted by Crippen LogP contribution is 2.39. The number of nitrogens with one attached hydrogen (secondary N) is 1. The largest absolute Gasteiger partial charge is 0.493 e. The summed E-state index contributed by atoms with van der Waals surface area (Å²) in [6.45, 7) is 1.98. The quantitative estimate of drug-likeness (QED) is 0.673. The van der Waals surface area contributed by atoms with E-state index in [1.54, 1.807) is 18.0 Å². The Kier molecular flexibility index (Phi) is 4.82. The molecular weight excluding hydrogens is 407 g/mol. The number of nitrogens with zero attached hydrogens (tertiary/aromatic N) is 5. The van der Waals surface area contributed by atoms with Crippen LogP contribution in [-0.4, -0.2) is 50.7 Å². The van der Waals surface area contributed by atoms with Crippen molar-refractivity contribution in [2.75, 3.05) is 25.5 Å². The molecule has 1 N–H and O–H groups in total. The Balaban J connectivity index is 1.35. The van der Waals surface area contributed by atoms with E-state index in [4.69, 9.17) is 9.72 Å². The molecule has 7 nitrogen and oxygen atoms in total. The van der Waals surface area contributed by atoms with E-state index in [1.165, 1.54) is 30.9 Å². The van der Waals surface area contributed by atoms with Gasteiger partial charge in [0.15, 0.2) is 5.65 Å². The molecule has 1 aromatic carbocycles. The number of hydrogen-bond acceptors (Lipinski definition) is 6. The minimum absolute atomic E-state index is 0.222. The number of likely N-dealkylation sites (N-methyl/N-ethyl adjacent to an activating group) is 1. The summed E-state index contributed by atoms with van der Waals surface area (Å²) in [6.07, 6.45) is 10.2. The number of halogens is 1. The summed E-state index contributed by atoms with van der Waals surface area (Å²) >= 11 is 0. The van der Waals surface area contributed by atoms with Crippen LogP contribution in [0.2, 0.25) is 0 Å². The molecule has 3 aromatic rings. The Labute approximate surface area is 186 Å². The Morgan fingerprint density at radius 3 is 3.09 bits per heavy atom. The summed E-state index contributed by atoms with van der Waals surface area (Å²) in [5, 5.41) is 11.9. The Morgan fingerprint density at radius 2 is 2.16 bits per heavy atom. The highest BCUT2D eigenvalue weighted by Gasteiger charge is 2.31. The van der Waals surface area contributed by atoms with Crippen LogP contribution in [-0.2, 0) is 13.0 Å². The lowest BCUT2D eigenvalue weighted by Gasteiger charge is -2.39. The van der Waals surface area contributed by atoms with Gasteiger partial charge < -0.3 is 10.1 Å². The van der Waals surface area contributed by atoms with Crippen LogP contribution >= 0.6 is 0 Å². The second-order valence-electron chi connectivity index (χ2n) is 8.97. The summed E-state index contributed by atoms with van der Waals surface area (Å²) in [6, 6.07) is 3.71. The first kappa shape index (κ1) is 19.7. The highest BCUT2D eigenvalue weighted by atomic mass is 19.1. The minimum Gasteiger partial charge on any atom is -0.493 e. The Bertz CT molecular complexity index is 1220. The molecule has 0 spiro atoms. The van der Waals surface area contributed by atoms with Gasteiger partial charge in [-0.3, -0.25) is 9.30 Å². The molecule has 1 atom stereocenters.